The van der Waals surface area contributed by atoms with Crippen LogP contribution in [0.1, 0.15) is 32.6 Å². The van der Waals surface area contributed by atoms with Crippen LogP contribution in [-0.4, -0.2) is 61.4 Å². The largest absolute Gasteiger partial charge is 0.480 e. The normalized spacial score (nSPS) is 20.9. The molecule has 0 radical (unpaired) electrons. The zero-order valence-corrected chi connectivity index (χ0v) is 11.7. The van der Waals surface area contributed by atoms with Crippen molar-refractivity contribution in [3.8, 4) is 0 Å². The minimum Gasteiger partial charge on any atom is -0.480 e. The Hall–Kier alpha value is -0.650. The van der Waals surface area contributed by atoms with Gasteiger partial charge in [-0.25, -0.2) is 0 Å². The van der Waals surface area contributed by atoms with Crippen molar-refractivity contribution in [2.45, 2.75) is 44.2 Å². The van der Waals surface area contributed by atoms with E-state index in [2.05, 4.69) is 17.3 Å². The number of ether oxygens (including phenoxy) is 1. The highest BCUT2D eigenvalue weighted by Gasteiger charge is 2.30. The highest BCUT2D eigenvalue weighted by Crippen LogP contribution is 2.16. The Morgan fingerprint density at radius 2 is 2.11 bits per heavy atom. The first-order chi connectivity index (χ1) is 8.49. The van der Waals surface area contributed by atoms with Gasteiger partial charge in [0, 0.05) is 19.3 Å². The standard InChI is InChI=1S/C13H26N2O3/c1-13(14-2,12(16)17)7-4-8-15(3)11-5-9-18-10-6-11/h11,14H,4-10H2,1-3H3,(H,16,17). The fourth-order valence-corrected chi connectivity index (χ4v) is 2.33. The summed E-state index contributed by atoms with van der Waals surface area (Å²) in [6.07, 6.45) is 3.70. The molecule has 0 spiro atoms. The monoisotopic (exact) mass is 258 g/mol. The maximum Gasteiger partial charge on any atom is 0.323 e. The lowest BCUT2D eigenvalue weighted by Gasteiger charge is -2.32. The van der Waals surface area contributed by atoms with Crippen LogP contribution >= 0.6 is 0 Å². The molecule has 0 aromatic heterocycles. The zero-order chi connectivity index (χ0) is 13.6. The number of carbonyl (C=O) groups is 1. The second kappa shape index (κ2) is 7.07. The molecule has 2 N–H and O–H groups in total. The molecule has 1 atom stereocenters. The van der Waals surface area contributed by atoms with Crippen LogP contribution in [0.4, 0.5) is 0 Å². The molecule has 1 fully saturated rings. The highest BCUT2D eigenvalue weighted by molar-refractivity contribution is 5.78. The Morgan fingerprint density at radius 1 is 1.50 bits per heavy atom. The molecule has 0 aromatic carbocycles. The summed E-state index contributed by atoms with van der Waals surface area (Å²) in [7, 11) is 3.82. The van der Waals surface area contributed by atoms with Gasteiger partial charge in [-0.05, 0) is 53.2 Å². The number of nitrogens with one attached hydrogen (secondary N) is 1. The number of carboxylic acids is 1. The summed E-state index contributed by atoms with van der Waals surface area (Å²) in [6, 6.07) is 0.587. The molecule has 106 valence electrons. The first kappa shape index (κ1) is 15.4. The van der Waals surface area contributed by atoms with Gasteiger partial charge in [-0.15, -0.1) is 0 Å². The first-order valence-corrected chi connectivity index (χ1v) is 6.70. The van der Waals surface area contributed by atoms with Crippen molar-refractivity contribution in [3.05, 3.63) is 0 Å². The third-order valence-electron chi connectivity index (χ3n) is 4.03. The summed E-state index contributed by atoms with van der Waals surface area (Å²) in [5, 5.41) is 12.0. The maximum atomic E-state index is 11.1. The van der Waals surface area contributed by atoms with Crippen LogP contribution in [0, 0.1) is 0 Å². The van der Waals surface area contributed by atoms with Crippen molar-refractivity contribution in [2.24, 2.45) is 0 Å². The van der Waals surface area contributed by atoms with E-state index in [4.69, 9.17) is 9.84 Å². The van der Waals surface area contributed by atoms with E-state index in [0.29, 0.717) is 12.5 Å². The molecule has 1 aliphatic rings. The summed E-state index contributed by atoms with van der Waals surface area (Å²) in [5.41, 5.74) is -0.809. The van der Waals surface area contributed by atoms with E-state index in [9.17, 15) is 4.79 Å². The van der Waals surface area contributed by atoms with Gasteiger partial charge in [0.1, 0.15) is 5.54 Å². The lowest BCUT2D eigenvalue weighted by Crippen LogP contribution is -2.48. The molecule has 1 rings (SSSR count). The summed E-state index contributed by atoms with van der Waals surface area (Å²) >= 11 is 0. The zero-order valence-electron chi connectivity index (χ0n) is 11.7. The molecular weight excluding hydrogens is 232 g/mol. The van der Waals surface area contributed by atoms with Gasteiger partial charge >= 0.3 is 5.97 Å². The van der Waals surface area contributed by atoms with Crippen LogP contribution < -0.4 is 5.32 Å². The lowest BCUT2D eigenvalue weighted by molar-refractivity contribution is -0.144. The van der Waals surface area contributed by atoms with Gasteiger partial charge in [-0.3, -0.25) is 4.79 Å². The van der Waals surface area contributed by atoms with Gasteiger partial charge in [0.25, 0.3) is 0 Å². The molecule has 5 nitrogen and oxygen atoms in total. The highest BCUT2D eigenvalue weighted by atomic mass is 16.5. The average Bonchev–Trinajstić information content (AvgIpc) is 2.39. The van der Waals surface area contributed by atoms with Crippen LogP contribution in [0.2, 0.25) is 0 Å². The van der Waals surface area contributed by atoms with Gasteiger partial charge in [0.2, 0.25) is 0 Å². The minimum absolute atomic E-state index is 0.587. The number of likely N-dealkylation sites (N-methyl/N-ethyl adjacent to an activating group) is 1. The molecule has 5 heteroatoms. The fourth-order valence-electron chi connectivity index (χ4n) is 2.33. The Kier molecular flexibility index (Phi) is 6.05. The van der Waals surface area contributed by atoms with E-state index in [1.807, 2.05) is 0 Å². The van der Waals surface area contributed by atoms with Gasteiger partial charge < -0.3 is 20.1 Å². The second-order valence-corrected chi connectivity index (χ2v) is 5.31. The number of carboxylic acid groups (broad SMARTS) is 1. The Morgan fingerprint density at radius 3 is 2.61 bits per heavy atom. The molecular formula is C13H26N2O3. The SMILES string of the molecule is CNC(C)(CCCN(C)C1CCOCC1)C(=O)O. The van der Waals surface area contributed by atoms with E-state index in [1.165, 1.54) is 0 Å². The molecule has 0 bridgehead atoms. The van der Waals surface area contributed by atoms with Crippen molar-refractivity contribution in [3.63, 3.8) is 0 Å². The van der Waals surface area contributed by atoms with Gasteiger partial charge in [-0.1, -0.05) is 0 Å². The number of hydrogen-bond acceptors (Lipinski definition) is 4. The molecule has 1 aliphatic heterocycles. The minimum atomic E-state index is -0.809. The molecule has 0 amide bonds. The molecule has 1 unspecified atom stereocenters. The third kappa shape index (κ3) is 4.23. The van der Waals surface area contributed by atoms with Gasteiger partial charge in [0.05, 0.1) is 0 Å². The summed E-state index contributed by atoms with van der Waals surface area (Å²) in [4.78, 5) is 13.5. The quantitative estimate of drug-likeness (QED) is 0.711. The second-order valence-electron chi connectivity index (χ2n) is 5.31. The number of nitrogens with zero attached hydrogens (tertiary/aromatic N) is 1. The van der Waals surface area contributed by atoms with Crippen LogP contribution in [-0.2, 0) is 9.53 Å². The van der Waals surface area contributed by atoms with E-state index in [0.717, 1.165) is 39.0 Å². The van der Waals surface area contributed by atoms with E-state index >= 15 is 0 Å². The lowest BCUT2D eigenvalue weighted by atomic mass is 9.96. The molecule has 0 saturated carbocycles. The van der Waals surface area contributed by atoms with Crippen molar-refractivity contribution in [1.82, 2.24) is 10.2 Å². The van der Waals surface area contributed by atoms with Crippen LogP contribution in [0.25, 0.3) is 0 Å². The molecule has 1 heterocycles. The predicted octanol–water partition coefficient (Wildman–Crippen LogP) is 0.940. The number of hydrogen-bond donors (Lipinski definition) is 2. The fraction of sp³-hybridized carbons (Fsp3) is 0.923. The maximum absolute atomic E-state index is 11.1. The van der Waals surface area contributed by atoms with Crippen molar-refractivity contribution in [2.75, 3.05) is 33.9 Å². The van der Waals surface area contributed by atoms with Gasteiger partial charge in [-0.2, -0.15) is 0 Å². The van der Waals surface area contributed by atoms with Crippen molar-refractivity contribution >= 4 is 5.97 Å². The van der Waals surface area contributed by atoms with Crippen LogP contribution in [0.3, 0.4) is 0 Å². The molecule has 0 aromatic rings. The van der Waals surface area contributed by atoms with E-state index < -0.39 is 11.5 Å². The van der Waals surface area contributed by atoms with E-state index in [1.54, 1.807) is 14.0 Å². The summed E-state index contributed by atoms with van der Waals surface area (Å²) in [6.45, 7) is 4.37. The summed E-state index contributed by atoms with van der Waals surface area (Å²) < 4.78 is 5.34. The smallest absolute Gasteiger partial charge is 0.323 e. The average molecular weight is 258 g/mol. The number of rotatable bonds is 7. The third-order valence-corrected chi connectivity index (χ3v) is 4.03. The predicted molar refractivity (Wildman–Crippen MR) is 70.8 cm³/mol. The molecule has 18 heavy (non-hydrogen) atoms. The van der Waals surface area contributed by atoms with Crippen LogP contribution in [0.15, 0.2) is 0 Å². The van der Waals surface area contributed by atoms with Crippen molar-refractivity contribution < 1.29 is 14.6 Å². The van der Waals surface area contributed by atoms with Crippen molar-refractivity contribution in [1.29, 1.82) is 0 Å². The molecule has 0 aliphatic carbocycles. The molecule has 1 saturated heterocycles. The first-order valence-electron chi connectivity index (χ1n) is 6.70. The Balaban J connectivity index is 2.29. The topological polar surface area (TPSA) is 61.8 Å². The van der Waals surface area contributed by atoms with Gasteiger partial charge in [0.15, 0.2) is 0 Å². The summed E-state index contributed by atoms with van der Waals surface area (Å²) in [5.74, 6) is -0.779. The number of aliphatic carboxylic acids is 1. The van der Waals surface area contributed by atoms with Crippen LogP contribution in [0.5, 0.6) is 0 Å². The Labute approximate surface area is 109 Å². The van der Waals surface area contributed by atoms with E-state index in [-0.39, 0.29) is 0 Å². The Bertz CT molecular complexity index is 267.